The van der Waals surface area contributed by atoms with E-state index >= 15 is 0 Å². The van der Waals surface area contributed by atoms with E-state index in [2.05, 4.69) is 0 Å². The second kappa shape index (κ2) is 12.9. The number of benzene rings is 1. The Bertz CT molecular complexity index is 1000. The van der Waals surface area contributed by atoms with Crippen LogP contribution < -0.4 is 10.6 Å². The molecule has 16 heteroatoms. The van der Waals surface area contributed by atoms with Gasteiger partial charge in [-0.1, -0.05) is 0 Å². The zero-order valence-electron chi connectivity index (χ0n) is 21.1. The highest BCUT2D eigenvalue weighted by atomic mass is 32.2. The van der Waals surface area contributed by atoms with E-state index in [0.717, 1.165) is 12.1 Å². The lowest BCUT2D eigenvalue weighted by Crippen LogP contribution is -2.45. The normalized spacial score (nSPS) is 16.5. The number of anilines is 2. The smallest absolute Gasteiger partial charge is 0.398 e. The van der Waals surface area contributed by atoms with Crippen LogP contribution in [0.5, 0.6) is 0 Å². The van der Waals surface area contributed by atoms with E-state index in [0.29, 0.717) is 16.7 Å². The summed E-state index contributed by atoms with van der Waals surface area (Å²) in [4.78, 5) is 27.7. The van der Waals surface area contributed by atoms with Crippen molar-refractivity contribution in [3.05, 3.63) is 23.8 Å². The number of carbonyl (C=O) groups excluding carboxylic acids is 2. The van der Waals surface area contributed by atoms with Crippen molar-refractivity contribution in [3.63, 3.8) is 0 Å². The number of hydrogen-bond donors (Lipinski definition) is 1. The summed E-state index contributed by atoms with van der Waals surface area (Å²) in [6.45, 7) is 3.34. The van der Waals surface area contributed by atoms with Crippen molar-refractivity contribution in [2.45, 2.75) is 50.5 Å². The molecule has 1 aliphatic heterocycles. The monoisotopic (exact) mass is 595 g/mol. The molecule has 39 heavy (non-hydrogen) atoms. The predicted molar refractivity (Wildman–Crippen MR) is 129 cm³/mol. The lowest BCUT2D eigenvalue weighted by molar-refractivity contribution is -0.284. The summed E-state index contributed by atoms with van der Waals surface area (Å²) in [7, 11) is 0. The molecule has 1 aromatic carbocycles. The Balaban J connectivity index is 1.72. The van der Waals surface area contributed by atoms with Crippen molar-refractivity contribution in [1.29, 1.82) is 0 Å². The van der Waals surface area contributed by atoms with Gasteiger partial charge in [0.05, 0.1) is 37.7 Å². The van der Waals surface area contributed by atoms with Gasteiger partial charge in [0.1, 0.15) is 5.54 Å². The first-order valence-corrected chi connectivity index (χ1v) is 12.9. The highest BCUT2D eigenvalue weighted by molar-refractivity contribution is 7.99. The van der Waals surface area contributed by atoms with Crippen LogP contribution in [0.2, 0.25) is 0 Å². The quantitative estimate of drug-likeness (QED) is 0.131. The van der Waals surface area contributed by atoms with Crippen LogP contribution in [0.1, 0.15) is 32.3 Å². The number of thioether (sulfide) groups is 1. The standard InChI is InChI=1S/C23H29F8N3O4S/c1-20(2)18(35)34(15-4-5-17(32)16(14-15)22(26,27)28)19(36)33(20)7-8-37-9-10-38-11-13-39-12-3-6-21(24,25)23(29,30)31/h4-5,14H,3,6-13,32H2,1-2H3. The van der Waals surface area contributed by atoms with E-state index in [9.17, 15) is 44.7 Å². The van der Waals surface area contributed by atoms with Gasteiger partial charge >= 0.3 is 24.3 Å². The first kappa shape index (κ1) is 32.9. The molecular weight excluding hydrogens is 566 g/mol. The molecule has 1 aromatic rings. The predicted octanol–water partition coefficient (Wildman–Crippen LogP) is 5.58. The topological polar surface area (TPSA) is 85.1 Å². The SMILES string of the molecule is CC1(C)C(=O)N(c2ccc(N)c(C(F)(F)F)c2)C(=O)N1CCOCCOCCSCCCC(F)(F)C(F)(F)F. The fourth-order valence-corrected chi connectivity index (χ4v) is 4.39. The van der Waals surface area contributed by atoms with Gasteiger partial charge in [-0.25, -0.2) is 9.69 Å². The third-order valence-corrected chi connectivity index (χ3v) is 6.85. The summed E-state index contributed by atoms with van der Waals surface area (Å²) in [6, 6.07) is 1.97. The molecule has 0 unspecified atom stereocenters. The molecule has 0 radical (unpaired) electrons. The van der Waals surface area contributed by atoms with Crippen molar-refractivity contribution in [3.8, 4) is 0 Å². The summed E-state index contributed by atoms with van der Waals surface area (Å²) in [5.74, 6) is -4.91. The lowest BCUT2D eigenvalue weighted by atomic mass is 10.0. The van der Waals surface area contributed by atoms with E-state index in [1.54, 1.807) is 0 Å². The molecule has 1 aliphatic rings. The Morgan fingerprint density at radius 2 is 1.54 bits per heavy atom. The number of nitrogen functional groups attached to an aromatic ring is 1. The summed E-state index contributed by atoms with van der Waals surface area (Å²) in [5, 5.41) is 0. The van der Waals surface area contributed by atoms with Gasteiger partial charge in [-0.05, 0) is 44.2 Å². The number of hydrogen-bond acceptors (Lipinski definition) is 6. The Kier molecular flexibility index (Phi) is 10.9. The van der Waals surface area contributed by atoms with Crippen LogP contribution in [-0.4, -0.2) is 79.0 Å². The minimum absolute atomic E-state index is 0.00262. The molecule has 1 saturated heterocycles. The third-order valence-electron chi connectivity index (χ3n) is 5.82. The Morgan fingerprint density at radius 3 is 2.13 bits per heavy atom. The minimum atomic E-state index is -5.55. The average Bonchev–Trinajstić information content (AvgIpc) is 2.97. The van der Waals surface area contributed by atoms with E-state index in [1.807, 2.05) is 0 Å². The summed E-state index contributed by atoms with van der Waals surface area (Å²) < 4.78 is 112. The number of ether oxygens (including phenoxy) is 2. The average molecular weight is 596 g/mol. The van der Waals surface area contributed by atoms with E-state index in [-0.39, 0.29) is 50.8 Å². The maximum atomic E-state index is 13.2. The lowest BCUT2D eigenvalue weighted by Gasteiger charge is -2.27. The fraction of sp³-hybridized carbons (Fsp3) is 0.652. The summed E-state index contributed by atoms with van der Waals surface area (Å²) in [5.41, 5.74) is 2.08. The van der Waals surface area contributed by atoms with Gasteiger partial charge in [0, 0.05) is 24.4 Å². The Morgan fingerprint density at radius 1 is 0.923 bits per heavy atom. The molecule has 222 valence electrons. The molecule has 3 amide bonds. The highest BCUT2D eigenvalue weighted by Gasteiger charge is 2.56. The van der Waals surface area contributed by atoms with Crippen molar-refractivity contribution >= 4 is 35.1 Å². The molecule has 1 heterocycles. The van der Waals surface area contributed by atoms with E-state index < -0.39 is 53.4 Å². The molecule has 0 aromatic heterocycles. The molecule has 7 nitrogen and oxygen atoms in total. The molecule has 0 saturated carbocycles. The van der Waals surface area contributed by atoms with Crippen LogP contribution in [0.4, 0.5) is 51.3 Å². The first-order chi connectivity index (χ1) is 17.9. The van der Waals surface area contributed by atoms with Gasteiger partial charge in [-0.3, -0.25) is 4.79 Å². The van der Waals surface area contributed by atoms with Gasteiger partial charge in [0.15, 0.2) is 0 Å². The molecule has 0 spiro atoms. The van der Waals surface area contributed by atoms with Crippen molar-refractivity contribution < 1.29 is 54.2 Å². The number of carbonyl (C=O) groups is 2. The maximum absolute atomic E-state index is 13.2. The number of imide groups is 1. The number of urea groups is 1. The number of alkyl halides is 8. The van der Waals surface area contributed by atoms with Crippen LogP contribution in [0.3, 0.4) is 0 Å². The zero-order chi connectivity index (χ0) is 29.6. The van der Waals surface area contributed by atoms with Crippen LogP contribution in [-0.2, 0) is 20.4 Å². The number of amides is 3. The Labute approximate surface area is 223 Å². The summed E-state index contributed by atoms with van der Waals surface area (Å²) >= 11 is 1.17. The fourth-order valence-electron chi connectivity index (χ4n) is 3.60. The molecule has 0 atom stereocenters. The number of nitrogens with zero attached hydrogens (tertiary/aromatic N) is 2. The van der Waals surface area contributed by atoms with Gasteiger partial charge in [0.25, 0.3) is 5.91 Å². The minimum Gasteiger partial charge on any atom is -0.398 e. The van der Waals surface area contributed by atoms with Crippen LogP contribution >= 0.6 is 11.8 Å². The molecular formula is C23H29F8N3O4S. The first-order valence-electron chi connectivity index (χ1n) is 11.7. The van der Waals surface area contributed by atoms with Gasteiger partial charge in [-0.2, -0.15) is 46.9 Å². The van der Waals surface area contributed by atoms with Crippen molar-refractivity contribution in [2.24, 2.45) is 0 Å². The van der Waals surface area contributed by atoms with E-state index in [1.165, 1.54) is 30.5 Å². The van der Waals surface area contributed by atoms with Gasteiger partial charge in [0.2, 0.25) is 0 Å². The zero-order valence-corrected chi connectivity index (χ0v) is 21.9. The van der Waals surface area contributed by atoms with Crippen molar-refractivity contribution in [2.75, 3.05) is 55.1 Å². The second-order valence-corrected chi connectivity index (χ2v) is 10.3. The molecule has 1 fully saturated rings. The van der Waals surface area contributed by atoms with Crippen LogP contribution in [0, 0.1) is 0 Å². The molecule has 0 aliphatic carbocycles. The molecule has 2 N–H and O–H groups in total. The Hall–Kier alpha value is -2.33. The van der Waals surface area contributed by atoms with E-state index in [4.69, 9.17) is 15.2 Å². The van der Waals surface area contributed by atoms with Gasteiger partial charge in [-0.15, -0.1) is 0 Å². The molecule has 0 bridgehead atoms. The number of rotatable bonds is 14. The van der Waals surface area contributed by atoms with Gasteiger partial charge < -0.3 is 20.1 Å². The van der Waals surface area contributed by atoms with Crippen LogP contribution in [0.15, 0.2) is 18.2 Å². The third kappa shape index (κ3) is 8.33. The summed E-state index contributed by atoms with van der Waals surface area (Å²) in [6.07, 6.45) is -11.9. The largest absolute Gasteiger partial charge is 0.453 e. The molecule has 2 rings (SSSR count). The van der Waals surface area contributed by atoms with Crippen molar-refractivity contribution in [1.82, 2.24) is 4.90 Å². The second-order valence-electron chi connectivity index (χ2n) is 9.05. The van der Waals surface area contributed by atoms with Crippen LogP contribution in [0.25, 0.3) is 0 Å². The number of nitrogens with two attached hydrogens (primary N) is 1. The highest BCUT2D eigenvalue weighted by Crippen LogP contribution is 2.40. The maximum Gasteiger partial charge on any atom is 0.453 e. The number of halogens is 8.